The van der Waals surface area contributed by atoms with Gasteiger partial charge in [0.25, 0.3) is 0 Å². The van der Waals surface area contributed by atoms with Crippen molar-refractivity contribution in [1.29, 1.82) is 0 Å². The summed E-state index contributed by atoms with van der Waals surface area (Å²) in [6, 6.07) is 0. The Hall–Kier alpha value is -1.35. The Morgan fingerprint density at radius 3 is 2.17 bits per heavy atom. The third kappa shape index (κ3) is 7.07. The summed E-state index contributed by atoms with van der Waals surface area (Å²) in [6.07, 6.45) is 6.29. The smallest absolute Gasteiger partial charge is 0.330 e. The molecule has 0 bridgehead atoms. The minimum atomic E-state index is -0.847. The van der Waals surface area contributed by atoms with E-state index >= 15 is 0 Å². The molecule has 0 unspecified atom stereocenters. The zero-order chi connectivity index (χ0) is 14.2. The number of aliphatic carboxylic acids is 1. The van der Waals surface area contributed by atoms with E-state index in [4.69, 9.17) is 5.11 Å². The van der Waals surface area contributed by atoms with Gasteiger partial charge >= 0.3 is 5.97 Å². The number of carbonyl (C=O) groups is 1. The molecular weight excluding hydrogens is 226 g/mol. The molecule has 0 amide bonds. The second kappa shape index (κ2) is 7.88. The lowest BCUT2D eigenvalue weighted by molar-refractivity contribution is -0.132. The molecule has 0 saturated heterocycles. The first-order chi connectivity index (χ1) is 8.32. The lowest BCUT2D eigenvalue weighted by atomic mass is 9.87. The van der Waals surface area contributed by atoms with Crippen molar-refractivity contribution in [3.05, 3.63) is 37.0 Å². The van der Waals surface area contributed by atoms with Crippen LogP contribution in [0.3, 0.4) is 0 Å². The molecule has 0 heterocycles. The van der Waals surface area contributed by atoms with Crippen LogP contribution in [0, 0.1) is 5.41 Å². The van der Waals surface area contributed by atoms with Crippen LogP contribution in [0.25, 0.3) is 0 Å². The summed E-state index contributed by atoms with van der Waals surface area (Å²) in [5.41, 5.74) is 0.435. The third-order valence-electron chi connectivity index (χ3n) is 2.72. The number of carboxylic acid groups (broad SMARTS) is 1. The van der Waals surface area contributed by atoms with E-state index < -0.39 is 5.97 Å². The maximum atomic E-state index is 10.7. The summed E-state index contributed by atoms with van der Waals surface area (Å²) in [5, 5.41) is 8.82. The van der Waals surface area contributed by atoms with E-state index in [2.05, 4.69) is 31.9 Å². The largest absolute Gasteiger partial charge is 0.478 e. The van der Waals surface area contributed by atoms with E-state index in [1.807, 2.05) is 12.2 Å². The molecular formula is C15H25NO2. The van der Waals surface area contributed by atoms with Crippen molar-refractivity contribution in [3.8, 4) is 0 Å². The van der Waals surface area contributed by atoms with Gasteiger partial charge in [-0.3, -0.25) is 4.90 Å². The maximum absolute atomic E-state index is 10.7. The Kier molecular flexibility index (Phi) is 7.29. The molecule has 0 aromatic heterocycles. The molecule has 3 heteroatoms. The number of allylic oxidation sites excluding steroid dienone is 1. The number of rotatable bonds is 9. The van der Waals surface area contributed by atoms with Crippen LogP contribution >= 0.6 is 0 Å². The van der Waals surface area contributed by atoms with Gasteiger partial charge in [0.15, 0.2) is 0 Å². The molecule has 3 nitrogen and oxygen atoms in total. The summed E-state index contributed by atoms with van der Waals surface area (Å²) in [5.74, 6) is -0.847. The van der Waals surface area contributed by atoms with Gasteiger partial charge in [-0.2, -0.15) is 0 Å². The van der Waals surface area contributed by atoms with Crippen molar-refractivity contribution in [1.82, 2.24) is 4.90 Å². The van der Waals surface area contributed by atoms with Gasteiger partial charge in [0, 0.05) is 25.2 Å². The average Bonchev–Trinajstić information content (AvgIpc) is 2.26. The van der Waals surface area contributed by atoms with Crippen LogP contribution in [-0.4, -0.2) is 35.6 Å². The van der Waals surface area contributed by atoms with Crippen LogP contribution in [0.2, 0.25) is 0 Å². The SMILES string of the molecule is C=CCN(CC=C)CC(C)(C)CC=C(C)C(=O)O. The molecule has 0 fully saturated rings. The lowest BCUT2D eigenvalue weighted by Crippen LogP contribution is -2.34. The minimum absolute atomic E-state index is 0.0305. The molecule has 0 radical (unpaired) electrons. The molecule has 0 aliphatic rings. The quantitative estimate of drug-likeness (QED) is 0.505. The molecule has 18 heavy (non-hydrogen) atoms. The van der Waals surface area contributed by atoms with Gasteiger partial charge in [0.2, 0.25) is 0 Å². The standard InChI is InChI=1S/C15H25NO2/c1-6-10-16(11-7-2)12-15(4,5)9-8-13(3)14(17)18/h6-8H,1-2,9-12H2,3-5H3,(H,17,18). The molecule has 102 valence electrons. The molecule has 0 rings (SSSR count). The van der Waals surface area contributed by atoms with Crippen molar-refractivity contribution in [2.24, 2.45) is 5.41 Å². The van der Waals surface area contributed by atoms with Gasteiger partial charge in [-0.1, -0.05) is 32.1 Å². The highest BCUT2D eigenvalue weighted by Crippen LogP contribution is 2.23. The van der Waals surface area contributed by atoms with Gasteiger partial charge in [0.1, 0.15) is 0 Å². The Morgan fingerprint density at radius 1 is 1.28 bits per heavy atom. The van der Waals surface area contributed by atoms with Crippen molar-refractivity contribution < 1.29 is 9.90 Å². The van der Waals surface area contributed by atoms with Crippen molar-refractivity contribution >= 4 is 5.97 Å². The first kappa shape index (κ1) is 16.6. The first-order valence-corrected chi connectivity index (χ1v) is 6.16. The molecule has 0 spiro atoms. The summed E-state index contributed by atoms with van der Waals surface area (Å²) in [4.78, 5) is 13.0. The predicted octanol–water partition coefficient (Wildman–Crippen LogP) is 3.11. The summed E-state index contributed by atoms with van der Waals surface area (Å²) in [6.45, 7) is 15.9. The van der Waals surface area contributed by atoms with Gasteiger partial charge in [-0.05, 0) is 18.8 Å². The van der Waals surface area contributed by atoms with E-state index in [0.717, 1.165) is 26.1 Å². The first-order valence-electron chi connectivity index (χ1n) is 6.16. The zero-order valence-corrected chi connectivity index (χ0v) is 11.8. The van der Waals surface area contributed by atoms with E-state index in [9.17, 15) is 4.79 Å². The van der Waals surface area contributed by atoms with Crippen LogP contribution in [0.1, 0.15) is 27.2 Å². The highest BCUT2D eigenvalue weighted by molar-refractivity contribution is 5.85. The normalized spacial score (nSPS) is 12.6. The van der Waals surface area contributed by atoms with Crippen LogP contribution in [0.5, 0.6) is 0 Å². The van der Waals surface area contributed by atoms with Gasteiger partial charge < -0.3 is 5.11 Å². The highest BCUT2D eigenvalue weighted by Gasteiger charge is 2.20. The lowest BCUT2D eigenvalue weighted by Gasteiger charge is -2.30. The third-order valence-corrected chi connectivity index (χ3v) is 2.72. The second-order valence-corrected chi connectivity index (χ2v) is 5.33. The molecule has 0 aliphatic heterocycles. The zero-order valence-electron chi connectivity index (χ0n) is 11.8. The molecule has 1 N–H and O–H groups in total. The van der Waals surface area contributed by atoms with E-state index in [-0.39, 0.29) is 5.41 Å². The number of nitrogens with zero attached hydrogens (tertiary/aromatic N) is 1. The topological polar surface area (TPSA) is 40.5 Å². The van der Waals surface area contributed by atoms with Crippen LogP contribution in [0.15, 0.2) is 37.0 Å². The summed E-state index contributed by atoms with van der Waals surface area (Å²) >= 11 is 0. The van der Waals surface area contributed by atoms with Gasteiger partial charge in [-0.25, -0.2) is 4.79 Å². The minimum Gasteiger partial charge on any atom is -0.478 e. The van der Waals surface area contributed by atoms with E-state index in [1.165, 1.54) is 0 Å². The molecule has 0 saturated carbocycles. The van der Waals surface area contributed by atoms with Crippen molar-refractivity contribution in [2.75, 3.05) is 19.6 Å². The monoisotopic (exact) mass is 251 g/mol. The maximum Gasteiger partial charge on any atom is 0.330 e. The predicted molar refractivity (Wildman–Crippen MR) is 76.6 cm³/mol. The van der Waals surface area contributed by atoms with E-state index in [1.54, 1.807) is 13.0 Å². The van der Waals surface area contributed by atoms with Gasteiger partial charge in [-0.15, -0.1) is 13.2 Å². The highest BCUT2D eigenvalue weighted by atomic mass is 16.4. The van der Waals surface area contributed by atoms with Crippen molar-refractivity contribution in [2.45, 2.75) is 27.2 Å². The Labute approximate surface area is 110 Å². The fourth-order valence-electron chi connectivity index (χ4n) is 1.76. The molecule has 0 aromatic rings. The van der Waals surface area contributed by atoms with Crippen LogP contribution in [0.4, 0.5) is 0 Å². The Morgan fingerprint density at radius 2 is 1.78 bits per heavy atom. The Bertz CT molecular complexity index is 319. The van der Waals surface area contributed by atoms with Gasteiger partial charge in [0.05, 0.1) is 0 Å². The average molecular weight is 251 g/mol. The van der Waals surface area contributed by atoms with Crippen molar-refractivity contribution in [3.63, 3.8) is 0 Å². The Balaban J connectivity index is 4.51. The molecule has 0 atom stereocenters. The molecule has 0 aromatic carbocycles. The fraction of sp³-hybridized carbons (Fsp3) is 0.533. The summed E-state index contributed by atoms with van der Waals surface area (Å²) < 4.78 is 0. The van der Waals surface area contributed by atoms with E-state index in [0.29, 0.717) is 5.57 Å². The van der Waals surface area contributed by atoms with Crippen LogP contribution < -0.4 is 0 Å². The van der Waals surface area contributed by atoms with Crippen LogP contribution in [-0.2, 0) is 4.79 Å². The summed E-state index contributed by atoms with van der Waals surface area (Å²) in [7, 11) is 0. The number of hydrogen-bond acceptors (Lipinski definition) is 2. The number of carboxylic acids is 1. The molecule has 0 aliphatic carbocycles. The fourth-order valence-corrected chi connectivity index (χ4v) is 1.76. The second-order valence-electron chi connectivity index (χ2n) is 5.33. The number of hydrogen-bond donors (Lipinski definition) is 1.